The fourth-order valence-electron chi connectivity index (χ4n) is 7.49. The van der Waals surface area contributed by atoms with Crippen LogP contribution in [0.1, 0.15) is 79.0 Å². The molecule has 0 radical (unpaired) electrons. The molecule has 198 valence electrons. The van der Waals surface area contributed by atoms with E-state index in [2.05, 4.69) is 148 Å². The summed E-state index contributed by atoms with van der Waals surface area (Å²) in [5, 5.41) is 0. The van der Waals surface area contributed by atoms with Crippen LogP contribution in [0.25, 0.3) is 0 Å². The Bertz CT molecular complexity index is 793. The van der Waals surface area contributed by atoms with Gasteiger partial charge in [-0.05, 0) is 32.9 Å². The van der Waals surface area contributed by atoms with Crippen molar-refractivity contribution in [1.29, 1.82) is 0 Å². The van der Waals surface area contributed by atoms with Gasteiger partial charge in [-0.15, -0.1) is 9.24 Å². The highest BCUT2D eigenvalue weighted by Crippen LogP contribution is 2.51. The summed E-state index contributed by atoms with van der Waals surface area (Å²) < 4.78 is 0.304. The van der Waals surface area contributed by atoms with Gasteiger partial charge in [0.2, 0.25) is 0 Å². The molecule has 1 nitrogen and oxygen atoms in total. The number of benzene rings is 1. The Labute approximate surface area is 220 Å². The molecule has 0 aliphatic heterocycles. The van der Waals surface area contributed by atoms with Crippen molar-refractivity contribution >= 4 is 39.1 Å². The predicted octanol–water partition coefficient (Wildman–Crippen LogP) is 9.59. The van der Waals surface area contributed by atoms with Crippen LogP contribution in [0.2, 0.25) is 58.9 Å². The molecule has 5 heteroatoms. The molecule has 0 N–H and O–H groups in total. The van der Waals surface area contributed by atoms with E-state index < -0.39 is 24.2 Å². The van der Waals surface area contributed by atoms with Gasteiger partial charge in [-0.2, -0.15) is 0 Å². The summed E-state index contributed by atoms with van der Waals surface area (Å²) in [4.78, 5) is 3.00. The van der Waals surface area contributed by atoms with Gasteiger partial charge < -0.3 is 4.90 Å². The quantitative estimate of drug-likeness (QED) is 0.258. The lowest BCUT2D eigenvalue weighted by molar-refractivity contribution is 0.545. The summed E-state index contributed by atoms with van der Waals surface area (Å²) in [6, 6.07) is 5.14. The molecule has 0 aliphatic carbocycles. The molecule has 1 aromatic carbocycles. The van der Waals surface area contributed by atoms with Gasteiger partial charge >= 0.3 is 0 Å². The summed E-state index contributed by atoms with van der Waals surface area (Å²) >= 11 is 0. The molecule has 0 spiro atoms. The van der Waals surface area contributed by atoms with Crippen LogP contribution in [0.4, 0.5) is 5.69 Å². The monoisotopic (exact) mass is 537 g/mol. The lowest BCUT2D eigenvalue weighted by atomic mass is 9.74. The number of hydrogen-bond acceptors (Lipinski definition) is 1. The molecule has 0 aromatic heterocycles. The second-order valence-corrected chi connectivity index (χ2v) is 34.3. The minimum Gasteiger partial charge on any atom is -0.370 e. The van der Waals surface area contributed by atoms with E-state index >= 15 is 0 Å². The van der Waals surface area contributed by atoms with Crippen molar-refractivity contribution in [2.75, 3.05) is 11.2 Å². The van der Waals surface area contributed by atoms with Crippen LogP contribution in [-0.2, 0) is 16.2 Å². The third-order valence-electron chi connectivity index (χ3n) is 7.71. The number of rotatable bonds is 6. The first-order valence-electron chi connectivity index (χ1n) is 13.3. The van der Waals surface area contributed by atoms with Crippen LogP contribution in [0.3, 0.4) is 0 Å². The van der Waals surface area contributed by atoms with Crippen LogP contribution in [0.15, 0.2) is 12.1 Å². The third kappa shape index (κ3) is 5.81. The number of nitrogens with zero attached hydrogens (tertiary/aromatic N) is 1. The van der Waals surface area contributed by atoms with E-state index in [0.717, 1.165) is 6.29 Å². The maximum Gasteiger partial charge on any atom is 0.0669 e. The van der Waals surface area contributed by atoms with Crippen molar-refractivity contribution in [2.45, 2.75) is 142 Å². The van der Waals surface area contributed by atoms with Gasteiger partial charge in [0.1, 0.15) is 0 Å². The fourth-order valence-corrected chi connectivity index (χ4v) is 38.5. The summed E-state index contributed by atoms with van der Waals surface area (Å²) in [5.41, 5.74) is 6.34. The highest BCUT2D eigenvalue weighted by atomic mass is 31.0. The maximum atomic E-state index is 3.18. The fraction of sp³-hybridized carbons (Fsp3) is 0.793. The zero-order valence-electron chi connectivity index (χ0n) is 26.4. The van der Waals surface area contributed by atoms with Gasteiger partial charge in [0.25, 0.3) is 0 Å². The molecule has 1 unspecified atom stereocenters. The zero-order valence-corrected chi connectivity index (χ0v) is 30.5. The number of hydrogen-bond donors (Lipinski definition) is 0. The standard InChI is InChI=1S/C29H60NPSi3/c1-26(2,3)22-19-23(27(4,5)6)25(24(20-22)28(7,8)9)30(21-31)29(32(10,11)12,33(13,14)15)34(16,17)18/h19-20H,21,31H2,1-18H3. The molecule has 0 heterocycles. The first-order valence-corrected chi connectivity index (χ1v) is 24.6. The predicted molar refractivity (Wildman–Crippen MR) is 172 cm³/mol. The minimum absolute atomic E-state index is 0.0682. The lowest BCUT2D eigenvalue weighted by Crippen LogP contribution is -2.84. The van der Waals surface area contributed by atoms with Crippen molar-refractivity contribution in [2.24, 2.45) is 0 Å². The summed E-state index contributed by atoms with van der Waals surface area (Å²) in [6.45, 7) is 45.6. The van der Waals surface area contributed by atoms with Crippen molar-refractivity contribution in [3.8, 4) is 0 Å². The summed E-state index contributed by atoms with van der Waals surface area (Å²) in [7, 11) is -1.77. The van der Waals surface area contributed by atoms with E-state index in [4.69, 9.17) is 0 Å². The first kappa shape index (κ1) is 32.1. The highest BCUT2D eigenvalue weighted by molar-refractivity contribution is 7.18. The SMILES string of the molecule is CC(C)(C)c1cc(C(C)(C)C)c(N(CP)C([Si](C)(C)C)([Si](C)(C)C)[Si](C)(C)C)c(C(C)(C)C)c1. The van der Waals surface area contributed by atoms with E-state index in [1.807, 2.05) is 0 Å². The molecular formula is C29H60NPSi3. The second kappa shape index (κ2) is 9.44. The zero-order chi connectivity index (χ0) is 27.5. The van der Waals surface area contributed by atoms with Crippen molar-refractivity contribution < 1.29 is 0 Å². The Morgan fingerprint density at radius 1 is 0.588 bits per heavy atom. The molecule has 1 aromatic rings. The highest BCUT2D eigenvalue weighted by Gasteiger charge is 2.63. The normalized spacial score (nSPS) is 15.0. The molecular weight excluding hydrogens is 478 g/mol. The van der Waals surface area contributed by atoms with Crippen LogP contribution in [-0.4, -0.2) is 34.9 Å². The van der Waals surface area contributed by atoms with Gasteiger partial charge in [-0.1, -0.05) is 133 Å². The molecule has 0 amide bonds. The third-order valence-corrected chi connectivity index (χ3v) is 28.9. The molecule has 0 saturated heterocycles. The van der Waals surface area contributed by atoms with Crippen LogP contribution in [0, 0.1) is 0 Å². The van der Waals surface area contributed by atoms with E-state index in [0.29, 0.717) is 4.41 Å². The Kier molecular flexibility index (Phi) is 8.92. The van der Waals surface area contributed by atoms with Crippen molar-refractivity contribution in [1.82, 2.24) is 0 Å². The Hall–Kier alpha value is 0.101. The molecule has 1 atom stereocenters. The van der Waals surface area contributed by atoms with E-state index in [1.165, 1.54) is 16.7 Å². The summed E-state index contributed by atoms with van der Waals surface area (Å²) in [5.74, 6) is 0. The van der Waals surface area contributed by atoms with Crippen molar-refractivity contribution in [3.63, 3.8) is 0 Å². The average molecular weight is 538 g/mol. The number of anilines is 1. The first-order chi connectivity index (χ1) is 14.7. The molecule has 0 aliphatic rings. The largest absolute Gasteiger partial charge is 0.370 e. The molecule has 0 bridgehead atoms. The van der Waals surface area contributed by atoms with Gasteiger partial charge in [-0.3, -0.25) is 0 Å². The minimum atomic E-state index is -1.65. The van der Waals surface area contributed by atoms with Gasteiger partial charge in [0, 0.05) is 16.4 Å². The van der Waals surface area contributed by atoms with E-state index in [9.17, 15) is 0 Å². The van der Waals surface area contributed by atoms with Gasteiger partial charge in [-0.25, -0.2) is 0 Å². The molecule has 34 heavy (non-hydrogen) atoms. The Morgan fingerprint density at radius 3 is 1.06 bits per heavy atom. The molecule has 0 fully saturated rings. The summed E-state index contributed by atoms with van der Waals surface area (Å²) in [6.07, 6.45) is 1.000. The van der Waals surface area contributed by atoms with Gasteiger partial charge in [0.15, 0.2) is 0 Å². The average Bonchev–Trinajstić information content (AvgIpc) is 2.52. The van der Waals surface area contributed by atoms with Crippen LogP contribution < -0.4 is 4.90 Å². The van der Waals surface area contributed by atoms with Crippen LogP contribution >= 0.6 is 9.24 Å². The maximum absolute atomic E-state index is 3.18. The van der Waals surface area contributed by atoms with Crippen LogP contribution in [0.5, 0.6) is 0 Å². The van der Waals surface area contributed by atoms with E-state index in [-0.39, 0.29) is 16.2 Å². The smallest absolute Gasteiger partial charge is 0.0669 e. The topological polar surface area (TPSA) is 3.24 Å². The van der Waals surface area contributed by atoms with E-state index in [1.54, 1.807) is 5.69 Å². The van der Waals surface area contributed by atoms with Gasteiger partial charge in [0.05, 0.1) is 24.2 Å². The second-order valence-electron chi connectivity index (χ2n) is 16.7. The Morgan fingerprint density at radius 2 is 0.882 bits per heavy atom. The van der Waals surface area contributed by atoms with Crippen molar-refractivity contribution in [3.05, 3.63) is 28.8 Å². The molecule has 0 saturated carbocycles. The lowest BCUT2D eigenvalue weighted by Gasteiger charge is -2.66. The molecule has 1 rings (SSSR count). The Balaban J connectivity index is 4.53.